The number of esters is 1. The number of rotatable bonds is 6. The van der Waals surface area contributed by atoms with Gasteiger partial charge in [-0.25, -0.2) is 8.42 Å². The highest BCUT2D eigenvalue weighted by Gasteiger charge is 2.27. The number of halogens is 2. The smallest absolute Gasteiger partial charge is 0.321 e. The normalized spacial score (nSPS) is 11.7. The van der Waals surface area contributed by atoms with Gasteiger partial charge in [-0.05, 0) is 41.1 Å². The molecule has 112 valence electrons. The number of hydrogen-bond acceptors (Lipinski definition) is 4. The highest BCUT2D eigenvalue weighted by molar-refractivity contribution is 9.11. The lowest BCUT2D eigenvalue weighted by Gasteiger charge is -2.20. The van der Waals surface area contributed by atoms with Crippen LogP contribution in [0, 0.1) is 0 Å². The fourth-order valence-electron chi connectivity index (χ4n) is 1.54. The van der Waals surface area contributed by atoms with Gasteiger partial charge in [0.25, 0.3) is 0 Å². The Morgan fingerprint density at radius 2 is 1.95 bits per heavy atom. The molecule has 1 aromatic carbocycles. The molecule has 0 saturated heterocycles. The highest BCUT2D eigenvalue weighted by atomic mass is 79.9. The van der Waals surface area contributed by atoms with E-state index in [9.17, 15) is 13.2 Å². The van der Waals surface area contributed by atoms with Gasteiger partial charge in [-0.3, -0.25) is 4.79 Å². The standard InChI is InChI=1S/C12H15Br2NO4S/c1-3-15(8-12(16)19-4-2)20(17,18)11-6-5-9(13)7-10(11)14/h5-7H,3-4,8H2,1-2H3. The van der Waals surface area contributed by atoms with E-state index >= 15 is 0 Å². The molecule has 8 heteroatoms. The largest absolute Gasteiger partial charge is 0.465 e. The van der Waals surface area contributed by atoms with Crippen LogP contribution in [0.2, 0.25) is 0 Å². The van der Waals surface area contributed by atoms with E-state index in [0.717, 1.165) is 8.78 Å². The van der Waals surface area contributed by atoms with Crippen LogP contribution < -0.4 is 0 Å². The molecular weight excluding hydrogens is 414 g/mol. The average molecular weight is 429 g/mol. The molecule has 0 heterocycles. The molecule has 0 radical (unpaired) electrons. The zero-order chi connectivity index (χ0) is 15.3. The number of carbonyl (C=O) groups excluding carboxylic acids is 1. The molecule has 5 nitrogen and oxygen atoms in total. The van der Waals surface area contributed by atoms with Gasteiger partial charge in [0.05, 0.1) is 11.5 Å². The minimum atomic E-state index is -3.75. The van der Waals surface area contributed by atoms with Crippen LogP contribution in [-0.2, 0) is 19.6 Å². The Balaban J connectivity index is 3.09. The summed E-state index contributed by atoms with van der Waals surface area (Å²) in [5.41, 5.74) is 0. The molecule has 1 rings (SSSR count). The zero-order valence-corrected chi connectivity index (χ0v) is 15.1. The minimum Gasteiger partial charge on any atom is -0.465 e. The second kappa shape index (κ2) is 7.53. The number of hydrogen-bond donors (Lipinski definition) is 0. The zero-order valence-electron chi connectivity index (χ0n) is 11.1. The van der Waals surface area contributed by atoms with Crippen LogP contribution in [0.15, 0.2) is 32.0 Å². The lowest BCUT2D eigenvalue weighted by Crippen LogP contribution is -2.36. The molecule has 0 unspecified atom stereocenters. The number of sulfonamides is 1. The van der Waals surface area contributed by atoms with Crippen LogP contribution in [0.25, 0.3) is 0 Å². The monoisotopic (exact) mass is 427 g/mol. The Kier molecular flexibility index (Phi) is 6.63. The Hall–Kier alpha value is -0.440. The number of benzene rings is 1. The van der Waals surface area contributed by atoms with Gasteiger partial charge in [0, 0.05) is 15.5 Å². The third-order valence-electron chi connectivity index (χ3n) is 2.48. The van der Waals surface area contributed by atoms with Gasteiger partial charge in [0.1, 0.15) is 6.54 Å². The molecule has 0 aliphatic heterocycles. The second-order valence-electron chi connectivity index (χ2n) is 3.81. The molecule has 0 amide bonds. The minimum absolute atomic E-state index is 0.117. The molecule has 0 aliphatic carbocycles. The first-order valence-corrected chi connectivity index (χ1v) is 8.96. The van der Waals surface area contributed by atoms with Crippen molar-refractivity contribution >= 4 is 47.9 Å². The second-order valence-corrected chi connectivity index (χ2v) is 7.49. The molecule has 0 fully saturated rings. The van der Waals surface area contributed by atoms with E-state index in [1.54, 1.807) is 26.0 Å². The quantitative estimate of drug-likeness (QED) is 0.653. The van der Waals surface area contributed by atoms with E-state index in [0.29, 0.717) is 4.47 Å². The van der Waals surface area contributed by atoms with E-state index in [4.69, 9.17) is 4.74 Å². The van der Waals surface area contributed by atoms with Gasteiger partial charge in [-0.1, -0.05) is 22.9 Å². The van der Waals surface area contributed by atoms with Gasteiger partial charge >= 0.3 is 5.97 Å². The van der Waals surface area contributed by atoms with E-state index < -0.39 is 16.0 Å². The molecule has 20 heavy (non-hydrogen) atoms. The molecule has 0 spiro atoms. The van der Waals surface area contributed by atoms with Gasteiger partial charge < -0.3 is 4.74 Å². The summed E-state index contributed by atoms with van der Waals surface area (Å²) in [4.78, 5) is 11.6. The summed E-state index contributed by atoms with van der Waals surface area (Å²) in [5, 5.41) is 0. The van der Waals surface area contributed by atoms with Crippen molar-refractivity contribution in [3.05, 3.63) is 27.1 Å². The molecule has 0 atom stereocenters. The molecule has 1 aromatic rings. The van der Waals surface area contributed by atoms with Crippen molar-refractivity contribution < 1.29 is 17.9 Å². The van der Waals surface area contributed by atoms with Crippen LogP contribution in [0.4, 0.5) is 0 Å². The fourth-order valence-corrected chi connectivity index (χ4v) is 4.64. The van der Waals surface area contributed by atoms with Crippen molar-refractivity contribution in [2.75, 3.05) is 19.7 Å². The van der Waals surface area contributed by atoms with Crippen LogP contribution in [0.3, 0.4) is 0 Å². The summed E-state index contributed by atoms with van der Waals surface area (Å²) in [6.45, 7) is 3.45. The van der Waals surface area contributed by atoms with Gasteiger partial charge in [0.2, 0.25) is 10.0 Å². The highest BCUT2D eigenvalue weighted by Crippen LogP contribution is 2.28. The van der Waals surface area contributed by atoms with Crippen LogP contribution >= 0.6 is 31.9 Å². The van der Waals surface area contributed by atoms with Crippen molar-refractivity contribution in [2.24, 2.45) is 0 Å². The molecule has 0 saturated carbocycles. The SMILES string of the molecule is CCOC(=O)CN(CC)S(=O)(=O)c1ccc(Br)cc1Br. The van der Waals surface area contributed by atoms with E-state index in [-0.39, 0.29) is 24.6 Å². The van der Waals surface area contributed by atoms with E-state index in [2.05, 4.69) is 31.9 Å². The van der Waals surface area contributed by atoms with Crippen molar-refractivity contribution in [3.63, 3.8) is 0 Å². The lowest BCUT2D eigenvalue weighted by atomic mass is 10.4. The average Bonchev–Trinajstić information content (AvgIpc) is 2.35. The number of ether oxygens (including phenoxy) is 1. The predicted octanol–water partition coefficient (Wildman–Crippen LogP) is 2.79. The molecule has 0 aliphatic rings. The Morgan fingerprint density at radius 3 is 2.45 bits per heavy atom. The number of nitrogens with zero attached hydrogens (tertiary/aromatic N) is 1. The summed E-state index contributed by atoms with van der Waals surface area (Å²) in [7, 11) is -3.75. The van der Waals surface area contributed by atoms with Crippen LogP contribution in [-0.4, -0.2) is 38.4 Å². The fraction of sp³-hybridized carbons (Fsp3) is 0.417. The predicted molar refractivity (Wildman–Crippen MR) is 82.9 cm³/mol. The maximum Gasteiger partial charge on any atom is 0.321 e. The summed E-state index contributed by atoms with van der Waals surface area (Å²) in [6, 6.07) is 4.76. The molecule has 0 aromatic heterocycles. The lowest BCUT2D eigenvalue weighted by molar-refractivity contribution is -0.143. The third kappa shape index (κ3) is 4.28. The van der Waals surface area contributed by atoms with E-state index in [1.807, 2.05) is 0 Å². The molecule has 0 bridgehead atoms. The first-order chi connectivity index (χ1) is 9.32. The first-order valence-electron chi connectivity index (χ1n) is 5.93. The van der Waals surface area contributed by atoms with Gasteiger partial charge in [0.15, 0.2) is 0 Å². The van der Waals surface area contributed by atoms with Crippen LogP contribution in [0.1, 0.15) is 13.8 Å². The Labute approximate surface area is 135 Å². The van der Waals surface area contributed by atoms with Crippen molar-refractivity contribution in [1.29, 1.82) is 0 Å². The van der Waals surface area contributed by atoms with Gasteiger partial charge in [-0.15, -0.1) is 0 Å². The summed E-state index contributed by atoms with van der Waals surface area (Å²) in [5.74, 6) is -0.564. The third-order valence-corrected chi connectivity index (χ3v) is 5.87. The Bertz CT molecular complexity index is 589. The summed E-state index contributed by atoms with van der Waals surface area (Å²) in [6.07, 6.45) is 0. The molecule has 0 N–H and O–H groups in total. The Morgan fingerprint density at radius 1 is 1.30 bits per heavy atom. The number of likely N-dealkylation sites (N-methyl/N-ethyl adjacent to an activating group) is 1. The molecular formula is C12H15Br2NO4S. The maximum absolute atomic E-state index is 12.5. The van der Waals surface area contributed by atoms with Crippen molar-refractivity contribution in [2.45, 2.75) is 18.7 Å². The van der Waals surface area contributed by atoms with Crippen molar-refractivity contribution in [3.8, 4) is 0 Å². The summed E-state index contributed by atoms with van der Waals surface area (Å²) >= 11 is 6.49. The van der Waals surface area contributed by atoms with E-state index in [1.165, 1.54) is 6.07 Å². The topological polar surface area (TPSA) is 63.7 Å². The van der Waals surface area contributed by atoms with Gasteiger partial charge in [-0.2, -0.15) is 4.31 Å². The van der Waals surface area contributed by atoms with Crippen molar-refractivity contribution in [1.82, 2.24) is 4.31 Å². The van der Waals surface area contributed by atoms with Crippen LogP contribution in [0.5, 0.6) is 0 Å². The summed E-state index contributed by atoms with van der Waals surface area (Å²) < 4.78 is 32.1. The number of carbonyl (C=O) groups is 1. The maximum atomic E-state index is 12.5. The first kappa shape index (κ1) is 17.6.